The van der Waals surface area contributed by atoms with Crippen LogP contribution in [0.5, 0.6) is 0 Å². The summed E-state index contributed by atoms with van der Waals surface area (Å²) in [7, 11) is 2.16. The normalized spacial score (nSPS) is 17.6. The molecule has 1 N–H and O–H groups in total. The van der Waals surface area contributed by atoms with Crippen molar-refractivity contribution < 1.29 is 0 Å². The van der Waals surface area contributed by atoms with Crippen molar-refractivity contribution in [1.29, 1.82) is 0 Å². The lowest BCUT2D eigenvalue weighted by Gasteiger charge is -2.25. The summed E-state index contributed by atoms with van der Waals surface area (Å²) in [6.07, 6.45) is 3.96. The summed E-state index contributed by atoms with van der Waals surface area (Å²) < 4.78 is 0.878. The van der Waals surface area contributed by atoms with Gasteiger partial charge in [-0.05, 0) is 50.4 Å². The minimum absolute atomic E-state index is 0.878. The quantitative estimate of drug-likeness (QED) is 0.892. The molecule has 1 aromatic rings. The largest absolute Gasteiger partial charge is 0.366 e. The van der Waals surface area contributed by atoms with E-state index in [0.717, 1.165) is 16.8 Å². The molecule has 0 aromatic carbocycles. The molecule has 2 heterocycles. The number of nitrogens with zero attached hydrogens (tertiary/aromatic N) is 1. The third-order valence-corrected chi connectivity index (χ3v) is 4.61. The van der Waals surface area contributed by atoms with E-state index in [1.807, 2.05) is 6.07 Å². The van der Waals surface area contributed by atoms with Crippen molar-refractivity contribution in [2.24, 2.45) is 5.92 Å². The van der Waals surface area contributed by atoms with E-state index in [9.17, 15) is 0 Å². The molecule has 16 heavy (non-hydrogen) atoms. The van der Waals surface area contributed by atoms with Gasteiger partial charge < -0.3 is 10.2 Å². The van der Waals surface area contributed by atoms with Gasteiger partial charge in [0.1, 0.15) is 0 Å². The monoisotopic (exact) mass is 258 g/mol. The predicted octanol–water partition coefficient (Wildman–Crippen LogP) is 3.23. The summed E-state index contributed by atoms with van der Waals surface area (Å²) in [5, 5.41) is 4.69. The summed E-state index contributed by atoms with van der Waals surface area (Å²) in [5.41, 5.74) is 0. The van der Waals surface area contributed by atoms with Crippen LogP contribution in [0, 0.1) is 5.92 Å². The maximum atomic E-state index is 5.94. The van der Waals surface area contributed by atoms with Crippen LogP contribution in [-0.2, 0) is 0 Å². The molecule has 0 unspecified atom stereocenters. The first-order valence-corrected chi connectivity index (χ1v) is 7.12. The van der Waals surface area contributed by atoms with E-state index in [4.69, 9.17) is 11.6 Å². The molecular weight excluding hydrogens is 240 g/mol. The number of anilines is 1. The van der Waals surface area contributed by atoms with Crippen LogP contribution in [-0.4, -0.2) is 26.7 Å². The van der Waals surface area contributed by atoms with Gasteiger partial charge in [-0.3, -0.25) is 0 Å². The molecule has 2 nitrogen and oxygen atoms in total. The fourth-order valence-electron chi connectivity index (χ4n) is 2.17. The van der Waals surface area contributed by atoms with E-state index in [1.165, 1.54) is 37.4 Å². The van der Waals surface area contributed by atoms with Crippen molar-refractivity contribution in [3.63, 3.8) is 0 Å². The smallest absolute Gasteiger partial charge is 0.0950 e. The molecular formula is C12H19ClN2S. The van der Waals surface area contributed by atoms with E-state index >= 15 is 0 Å². The van der Waals surface area contributed by atoms with E-state index in [2.05, 4.69) is 23.3 Å². The Kier molecular flexibility index (Phi) is 4.50. The number of thiophene rings is 1. The Morgan fingerprint density at radius 3 is 2.81 bits per heavy atom. The van der Waals surface area contributed by atoms with Crippen molar-refractivity contribution in [1.82, 2.24) is 5.32 Å². The Morgan fingerprint density at radius 1 is 1.44 bits per heavy atom. The van der Waals surface area contributed by atoms with E-state index in [1.54, 1.807) is 11.3 Å². The number of nitrogens with one attached hydrogen (secondary N) is 1. The Balaban J connectivity index is 1.76. The highest BCUT2D eigenvalue weighted by Crippen LogP contribution is 2.29. The molecule has 0 radical (unpaired) electrons. The lowest BCUT2D eigenvalue weighted by atomic mass is 9.94. The first kappa shape index (κ1) is 12.2. The van der Waals surface area contributed by atoms with Crippen molar-refractivity contribution in [2.45, 2.75) is 19.3 Å². The molecule has 0 spiro atoms. The fourth-order valence-corrected chi connectivity index (χ4v) is 3.19. The summed E-state index contributed by atoms with van der Waals surface area (Å²) in [4.78, 5) is 2.32. The minimum atomic E-state index is 0.878. The van der Waals surface area contributed by atoms with Crippen LogP contribution in [0.4, 0.5) is 5.00 Å². The minimum Gasteiger partial charge on any atom is -0.366 e. The summed E-state index contributed by atoms with van der Waals surface area (Å²) in [6.45, 7) is 3.53. The lowest BCUT2D eigenvalue weighted by molar-refractivity contribution is 0.357. The third-order valence-electron chi connectivity index (χ3n) is 3.27. The van der Waals surface area contributed by atoms with Gasteiger partial charge in [0.15, 0.2) is 0 Å². The molecule has 2 rings (SSSR count). The third kappa shape index (κ3) is 3.37. The van der Waals surface area contributed by atoms with Crippen LogP contribution in [0.15, 0.2) is 12.1 Å². The highest BCUT2D eigenvalue weighted by atomic mass is 35.5. The number of hydrogen-bond acceptors (Lipinski definition) is 3. The van der Waals surface area contributed by atoms with Gasteiger partial charge in [0, 0.05) is 13.6 Å². The lowest BCUT2D eigenvalue weighted by Crippen LogP contribution is -2.30. The molecule has 1 aliphatic rings. The molecule has 1 aromatic heterocycles. The molecule has 1 aliphatic heterocycles. The number of piperidine rings is 1. The van der Waals surface area contributed by atoms with Crippen LogP contribution >= 0.6 is 22.9 Å². The SMILES string of the molecule is CN(CCC1CCNCC1)c1ccc(Cl)s1. The standard InChI is InChI=1S/C12H19ClN2S/c1-15(12-3-2-11(13)16-12)9-6-10-4-7-14-8-5-10/h2-3,10,14H,4-9H2,1H3. The summed E-state index contributed by atoms with van der Waals surface area (Å²) in [5.74, 6) is 0.902. The van der Waals surface area contributed by atoms with Crippen LogP contribution in [0.3, 0.4) is 0 Å². The second-order valence-electron chi connectivity index (χ2n) is 4.48. The molecule has 0 bridgehead atoms. The van der Waals surface area contributed by atoms with Crippen LogP contribution in [0.2, 0.25) is 4.34 Å². The van der Waals surface area contributed by atoms with Gasteiger partial charge in [0.2, 0.25) is 0 Å². The van der Waals surface area contributed by atoms with E-state index in [-0.39, 0.29) is 0 Å². The topological polar surface area (TPSA) is 15.3 Å². The van der Waals surface area contributed by atoms with E-state index in [0.29, 0.717) is 0 Å². The second kappa shape index (κ2) is 5.89. The summed E-state index contributed by atoms with van der Waals surface area (Å²) >= 11 is 7.60. The molecule has 90 valence electrons. The van der Waals surface area contributed by atoms with Crippen molar-refractivity contribution in [2.75, 3.05) is 31.6 Å². The first-order chi connectivity index (χ1) is 7.75. The zero-order valence-corrected chi connectivity index (χ0v) is 11.3. The molecule has 0 amide bonds. The molecule has 0 saturated carbocycles. The molecule has 0 atom stereocenters. The maximum absolute atomic E-state index is 5.94. The van der Waals surface area contributed by atoms with Gasteiger partial charge in [-0.25, -0.2) is 0 Å². The molecule has 0 aliphatic carbocycles. The number of halogens is 1. The van der Waals surface area contributed by atoms with Gasteiger partial charge in [-0.15, -0.1) is 11.3 Å². The van der Waals surface area contributed by atoms with Gasteiger partial charge in [0.25, 0.3) is 0 Å². The highest BCUT2D eigenvalue weighted by molar-refractivity contribution is 7.19. The zero-order valence-electron chi connectivity index (χ0n) is 9.71. The molecule has 1 saturated heterocycles. The Bertz CT molecular complexity index is 321. The molecule has 1 fully saturated rings. The van der Waals surface area contributed by atoms with Crippen LogP contribution in [0.1, 0.15) is 19.3 Å². The first-order valence-electron chi connectivity index (χ1n) is 5.93. The van der Waals surface area contributed by atoms with Crippen LogP contribution in [0.25, 0.3) is 0 Å². The number of rotatable bonds is 4. The van der Waals surface area contributed by atoms with Gasteiger partial charge in [0.05, 0.1) is 9.34 Å². The van der Waals surface area contributed by atoms with Crippen molar-refractivity contribution in [3.8, 4) is 0 Å². The Labute approximate surface area is 107 Å². The molecule has 4 heteroatoms. The zero-order chi connectivity index (χ0) is 11.4. The fraction of sp³-hybridized carbons (Fsp3) is 0.667. The Morgan fingerprint density at radius 2 is 2.19 bits per heavy atom. The number of hydrogen-bond donors (Lipinski definition) is 1. The second-order valence-corrected chi connectivity index (χ2v) is 6.17. The Hall–Kier alpha value is -0.250. The van der Waals surface area contributed by atoms with Gasteiger partial charge in [-0.1, -0.05) is 11.6 Å². The highest BCUT2D eigenvalue weighted by Gasteiger charge is 2.14. The van der Waals surface area contributed by atoms with Crippen molar-refractivity contribution >= 4 is 27.9 Å². The van der Waals surface area contributed by atoms with Crippen molar-refractivity contribution in [3.05, 3.63) is 16.5 Å². The van der Waals surface area contributed by atoms with Gasteiger partial charge >= 0.3 is 0 Å². The predicted molar refractivity (Wildman–Crippen MR) is 72.8 cm³/mol. The van der Waals surface area contributed by atoms with Gasteiger partial charge in [-0.2, -0.15) is 0 Å². The average Bonchev–Trinajstić information content (AvgIpc) is 2.74. The van der Waals surface area contributed by atoms with E-state index < -0.39 is 0 Å². The average molecular weight is 259 g/mol. The van der Waals surface area contributed by atoms with Crippen LogP contribution < -0.4 is 10.2 Å². The summed E-state index contributed by atoms with van der Waals surface area (Å²) in [6, 6.07) is 4.08. The maximum Gasteiger partial charge on any atom is 0.0950 e.